The Morgan fingerprint density at radius 1 is 1.33 bits per heavy atom. The Bertz CT molecular complexity index is 588. The van der Waals surface area contributed by atoms with Crippen LogP contribution in [-0.4, -0.2) is 49.4 Å². The average molecular weight is 330 g/mol. The largest absolute Gasteiger partial charge is 0.443 e. The SMILES string of the molecule is COC[C@@H]1CNC[C@@]2(C3CCC3)[C@@H]1OC(=O)N2Cc1ccccc1. The van der Waals surface area contributed by atoms with Crippen molar-refractivity contribution in [3.63, 3.8) is 0 Å². The number of fused-ring (bicyclic) bond motifs is 1. The number of benzene rings is 1. The lowest BCUT2D eigenvalue weighted by Gasteiger charge is -2.52. The van der Waals surface area contributed by atoms with Gasteiger partial charge in [0.1, 0.15) is 6.10 Å². The summed E-state index contributed by atoms with van der Waals surface area (Å²) in [5.74, 6) is 0.735. The van der Waals surface area contributed by atoms with E-state index in [1.54, 1.807) is 7.11 Å². The molecule has 0 unspecified atom stereocenters. The van der Waals surface area contributed by atoms with Gasteiger partial charge in [-0.25, -0.2) is 4.79 Å². The Hall–Kier alpha value is -1.59. The second-order valence-corrected chi connectivity index (χ2v) is 7.34. The highest BCUT2D eigenvalue weighted by Crippen LogP contribution is 2.49. The summed E-state index contributed by atoms with van der Waals surface area (Å²) in [6.45, 7) is 2.91. The summed E-state index contributed by atoms with van der Waals surface area (Å²) in [4.78, 5) is 14.8. The van der Waals surface area contributed by atoms with E-state index in [9.17, 15) is 4.79 Å². The molecule has 0 aromatic heterocycles. The summed E-state index contributed by atoms with van der Waals surface area (Å²) >= 11 is 0. The molecule has 3 fully saturated rings. The molecule has 5 heteroatoms. The predicted molar refractivity (Wildman–Crippen MR) is 90.6 cm³/mol. The Balaban J connectivity index is 1.67. The number of carbonyl (C=O) groups excluding carboxylic acids is 1. The molecule has 5 nitrogen and oxygen atoms in total. The van der Waals surface area contributed by atoms with Gasteiger partial charge < -0.3 is 14.8 Å². The van der Waals surface area contributed by atoms with Gasteiger partial charge in [0.05, 0.1) is 12.1 Å². The molecule has 0 radical (unpaired) electrons. The molecule has 0 spiro atoms. The molecule has 4 rings (SSSR count). The van der Waals surface area contributed by atoms with Crippen LogP contribution in [0.3, 0.4) is 0 Å². The van der Waals surface area contributed by atoms with Gasteiger partial charge in [0, 0.05) is 32.7 Å². The predicted octanol–water partition coefficient (Wildman–Crippen LogP) is 2.41. The van der Waals surface area contributed by atoms with E-state index in [4.69, 9.17) is 9.47 Å². The first-order valence-corrected chi connectivity index (χ1v) is 8.97. The van der Waals surface area contributed by atoms with Gasteiger partial charge in [-0.2, -0.15) is 0 Å². The lowest BCUT2D eigenvalue weighted by Crippen LogP contribution is -2.69. The Morgan fingerprint density at radius 2 is 2.12 bits per heavy atom. The summed E-state index contributed by atoms with van der Waals surface area (Å²) in [5, 5.41) is 3.56. The van der Waals surface area contributed by atoms with Gasteiger partial charge in [-0.1, -0.05) is 36.8 Å². The molecule has 2 saturated heterocycles. The number of carbonyl (C=O) groups is 1. The zero-order chi connectivity index (χ0) is 16.6. The van der Waals surface area contributed by atoms with E-state index < -0.39 is 0 Å². The van der Waals surface area contributed by atoms with Crippen LogP contribution in [0.5, 0.6) is 0 Å². The van der Waals surface area contributed by atoms with Crippen LogP contribution in [0, 0.1) is 11.8 Å². The minimum absolute atomic E-state index is 0.0692. The van der Waals surface area contributed by atoms with Gasteiger partial charge in [0.2, 0.25) is 0 Å². The highest BCUT2D eigenvalue weighted by Gasteiger charge is 2.63. The van der Waals surface area contributed by atoms with Gasteiger partial charge in [-0.3, -0.25) is 4.90 Å². The number of hydrogen-bond acceptors (Lipinski definition) is 4. The van der Waals surface area contributed by atoms with Crippen molar-refractivity contribution in [2.75, 3.05) is 26.8 Å². The zero-order valence-electron chi connectivity index (χ0n) is 14.2. The first kappa shape index (κ1) is 15.9. The summed E-state index contributed by atoms with van der Waals surface area (Å²) in [7, 11) is 1.72. The summed E-state index contributed by atoms with van der Waals surface area (Å²) < 4.78 is 11.3. The van der Waals surface area contributed by atoms with E-state index in [1.807, 2.05) is 23.1 Å². The lowest BCUT2D eigenvalue weighted by atomic mass is 9.64. The maximum absolute atomic E-state index is 12.8. The maximum atomic E-state index is 12.8. The fourth-order valence-corrected chi connectivity index (χ4v) is 4.71. The van der Waals surface area contributed by atoms with E-state index in [0.29, 0.717) is 19.1 Å². The molecule has 1 aromatic carbocycles. The van der Waals surface area contributed by atoms with Crippen LogP contribution in [0.2, 0.25) is 0 Å². The summed E-state index contributed by atoms with van der Waals surface area (Å²) in [5.41, 5.74) is 0.926. The smallest absolute Gasteiger partial charge is 0.411 e. The molecule has 130 valence electrons. The molecule has 1 saturated carbocycles. The van der Waals surface area contributed by atoms with Crippen LogP contribution in [-0.2, 0) is 16.0 Å². The third kappa shape index (κ3) is 2.42. The van der Waals surface area contributed by atoms with Gasteiger partial charge >= 0.3 is 6.09 Å². The molecule has 2 heterocycles. The molecule has 1 aromatic rings. The Kier molecular flexibility index (Phi) is 4.22. The standard InChI is InChI=1S/C19H26N2O3/c1-23-12-15-10-20-13-19(16-8-5-9-16)17(15)24-18(22)21(19)11-14-6-3-2-4-7-14/h2-4,6-7,15-17,20H,5,8-13H2,1H3/t15-,17+,19+/m0/s1. The Labute approximate surface area is 143 Å². The van der Waals surface area contributed by atoms with Crippen molar-refractivity contribution in [2.45, 2.75) is 37.5 Å². The van der Waals surface area contributed by atoms with Crippen molar-refractivity contribution in [3.05, 3.63) is 35.9 Å². The first-order valence-electron chi connectivity index (χ1n) is 8.97. The second kappa shape index (κ2) is 6.37. The summed E-state index contributed by atoms with van der Waals surface area (Å²) in [6, 6.07) is 10.2. The average Bonchev–Trinajstić information content (AvgIpc) is 2.81. The number of hydrogen-bond donors (Lipinski definition) is 1. The van der Waals surface area contributed by atoms with Crippen LogP contribution in [0.1, 0.15) is 24.8 Å². The van der Waals surface area contributed by atoms with Crippen molar-refractivity contribution >= 4 is 6.09 Å². The number of ether oxygens (including phenoxy) is 2. The first-order chi connectivity index (χ1) is 11.8. The molecular formula is C19H26N2O3. The highest BCUT2D eigenvalue weighted by atomic mass is 16.6. The number of methoxy groups -OCH3 is 1. The normalized spacial score (nSPS) is 33.0. The molecule has 0 bridgehead atoms. The van der Waals surface area contributed by atoms with Gasteiger partial charge in [0.15, 0.2) is 0 Å². The second-order valence-electron chi connectivity index (χ2n) is 7.34. The molecule has 24 heavy (non-hydrogen) atoms. The van der Waals surface area contributed by atoms with Crippen molar-refractivity contribution in [1.29, 1.82) is 0 Å². The van der Waals surface area contributed by atoms with Crippen molar-refractivity contribution < 1.29 is 14.3 Å². The van der Waals surface area contributed by atoms with Crippen LogP contribution < -0.4 is 5.32 Å². The summed E-state index contributed by atoms with van der Waals surface area (Å²) in [6.07, 6.45) is 3.38. The lowest BCUT2D eigenvalue weighted by molar-refractivity contribution is -0.0592. The monoisotopic (exact) mass is 330 g/mol. The topological polar surface area (TPSA) is 50.8 Å². The van der Waals surface area contributed by atoms with Gasteiger partial charge in [-0.05, 0) is 24.3 Å². The fraction of sp³-hybridized carbons (Fsp3) is 0.632. The van der Waals surface area contributed by atoms with Crippen molar-refractivity contribution in [1.82, 2.24) is 10.2 Å². The van der Waals surface area contributed by atoms with E-state index in [1.165, 1.54) is 19.3 Å². The number of nitrogens with one attached hydrogen (secondary N) is 1. The van der Waals surface area contributed by atoms with E-state index in [-0.39, 0.29) is 23.7 Å². The van der Waals surface area contributed by atoms with E-state index >= 15 is 0 Å². The Morgan fingerprint density at radius 3 is 2.79 bits per heavy atom. The van der Waals surface area contributed by atoms with Gasteiger partial charge in [-0.15, -0.1) is 0 Å². The highest BCUT2D eigenvalue weighted by molar-refractivity contribution is 5.72. The fourth-order valence-electron chi connectivity index (χ4n) is 4.71. The number of amides is 1. The molecule has 3 atom stereocenters. The van der Waals surface area contributed by atoms with Crippen LogP contribution in [0.4, 0.5) is 4.79 Å². The molecular weight excluding hydrogens is 304 g/mol. The van der Waals surface area contributed by atoms with Crippen LogP contribution >= 0.6 is 0 Å². The molecule has 1 aliphatic carbocycles. The molecule has 1 amide bonds. The van der Waals surface area contributed by atoms with Crippen molar-refractivity contribution in [2.24, 2.45) is 11.8 Å². The molecule has 3 aliphatic rings. The molecule has 1 N–H and O–H groups in total. The van der Waals surface area contributed by atoms with E-state index in [0.717, 1.165) is 18.7 Å². The van der Waals surface area contributed by atoms with Crippen LogP contribution in [0.25, 0.3) is 0 Å². The third-order valence-electron chi connectivity index (χ3n) is 6.06. The third-order valence-corrected chi connectivity index (χ3v) is 6.06. The zero-order valence-corrected chi connectivity index (χ0v) is 14.2. The minimum atomic E-state index is -0.230. The number of nitrogens with zero attached hydrogens (tertiary/aromatic N) is 1. The van der Waals surface area contributed by atoms with Gasteiger partial charge in [0.25, 0.3) is 0 Å². The van der Waals surface area contributed by atoms with Crippen LogP contribution in [0.15, 0.2) is 30.3 Å². The number of rotatable bonds is 5. The minimum Gasteiger partial charge on any atom is -0.443 e. The number of piperidine rings is 1. The quantitative estimate of drug-likeness (QED) is 0.901. The maximum Gasteiger partial charge on any atom is 0.411 e. The van der Waals surface area contributed by atoms with Crippen molar-refractivity contribution in [3.8, 4) is 0 Å². The molecule has 2 aliphatic heterocycles. The van der Waals surface area contributed by atoms with E-state index in [2.05, 4.69) is 17.4 Å².